The van der Waals surface area contributed by atoms with Crippen LogP contribution in [-0.2, 0) is 32.4 Å². The van der Waals surface area contributed by atoms with E-state index in [9.17, 15) is 38.4 Å². The minimum absolute atomic E-state index is 0.00951. The van der Waals surface area contributed by atoms with Gasteiger partial charge in [-0.05, 0) is 98.8 Å². The Morgan fingerprint density at radius 2 is 1.23 bits per heavy atom. The molecule has 2 heterocycles. The smallest absolute Gasteiger partial charge is 0.255 e. The van der Waals surface area contributed by atoms with Crippen molar-refractivity contribution in [1.82, 2.24) is 10.6 Å². The summed E-state index contributed by atoms with van der Waals surface area (Å²) < 4.78 is 11.9. The van der Waals surface area contributed by atoms with Crippen molar-refractivity contribution in [3.63, 3.8) is 0 Å². The number of nitrogens with two attached hydrogens (primary N) is 7. The van der Waals surface area contributed by atoms with E-state index in [1.54, 1.807) is 36.4 Å². The van der Waals surface area contributed by atoms with Crippen molar-refractivity contribution in [3.8, 4) is 11.5 Å². The van der Waals surface area contributed by atoms with E-state index in [2.05, 4.69) is 26.3 Å². The van der Waals surface area contributed by atoms with Crippen LogP contribution in [0.25, 0.3) is 0 Å². The van der Waals surface area contributed by atoms with Gasteiger partial charge in [0.1, 0.15) is 24.7 Å². The van der Waals surface area contributed by atoms with E-state index in [0.717, 1.165) is 0 Å². The van der Waals surface area contributed by atoms with Gasteiger partial charge in [-0.1, -0.05) is 38.8 Å². The Morgan fingerprint density at radius 3 is 1.76 bits per heavy atom. The quantitative estimate of drug-likeness (QED) is 0.0420. The third-order valence-corrected chi connectivity index (χ3v) is 12.5. The number of guanidine groups is 1. The van der Waals surface area contributed by atoms with E-state index in [0.29, 0.717) is 72.5 Å². The van der Waals surface area contributed by atoms with E-state index in [4.69, 9.17) is 49.6 Å². The molecule has 0 aliphatic carbocycles. The monoisotopic (exact) mass is 1020 g/mol. The molecule has 0 aromatic heterocycles. The molecule has 0 saturated heterocycles. The van der Waals surface area contributed by atoms with Crippen LogP contribution in [-0.4, -0.2) is 78.1 Å². The number of aliphatic imine (C=N–C) groups is 1. The Balaban J connectivity index is 0.000000274. The maximum absolute atomic E-state index is 13.6. The molecule has 2 aliphatic rings. The number of nitrogens with zero attached hydrogens (tertiary/aromatic N) is 1. The largest absolute Gasteiger partial charge is 0.488 e. The Bertz CT molecular complexity index is 2780. The predicted molar refractivity (Wildman–Crippen MR) is 280 cm³/mol. The molecular weight excluding hydrogens is 953 g/mol. The lowest BCUT2D eigenvalue weighted by Gasteiger charge is -2.26. The number of amides is 6. The fourth-order valence-corrected chi connectivity index (χ4v) is 8.09. The first-order valence-electron chi connectivity index (χ1n) is 24.2. The van der Waals surface area contributed by atoms with E-state index in [1.807, 2.05) is 13.8 Å². The lowest BCUT2D eigenvalue weighted by atomic mass is 9.87. The lowest BCUT2D eigenvalue weighted by molar-refractivity contribution is -0.128. The number of hydrogen-bond donors (Lipinski definition) is 11. The summed E-state index contributed by atoms with van der Waals surface area (Å²) in [5.41, 5.74) is 42.3. The van der Waals surface area contributed by atoms with Gasteiger partial charge in [-0.15, -0.1) is 0 Å². The number of nitrogen functional groups attached to an aromatic ring is 2. The first kappa shape index (κ1) is 56.4. The standard InChI is InChI=1S/C28H37N5O5.C24H29N7O5/c1-3-16(2)25-23(34)13-18(6-4-5-11-29)27(36)32-22-12-17(26(31)35)7-8-19(22)15-38-24-10-9-20(30)14-21(24)28(37)33-25;25-15-5-7-20-16(11-15)23(35)31-17(2-1-9-29-24(27)28)19(32)6-8-21(33)30-18-10-13(22(26)34)3-4-14(18)12-36-20/h7-10,12,14,16,18,25H,3-6,11,13,15,29-30H2,1-2H3,(H2,31,35)(H,32,36)(H,33,37);3-5,7,10-11,17H,1-2,6,8-9,12,25H2,(H2,26,34)(H,30,33)(H,31,35)(H4,27,28,29)/t16-,18+,25-;/m0./s1. The number of fused-ring (bicyclic) bond motifs is 4. The molecule has 394 valence electrons. The molecule has 0 saturated carbocycles. The van der Waals surface area contributed by atoms with Crippen LogP contribution in [0.15, 0.2) is 77.8 Å². The predicted octanol–water partition coefficient (Wildman–Crippen LogP) is 3.15. The van der Waals surface area contributed by atoms with Crippen molar-refractivity contribution in [1.29, 1.82) is 0 Å². The van der Waals surface area contributed by atoms with Crippen molar-refractivity contribution < 1.29 is 47.8 Å². The molecule has 22 nitrogen and oxygen atoms in total. The second-order valence-electron chi connectivity index (χ2n) is 18.0. The van der Waals surface area contributed by atoms with Crippen LogP contribution in [0.4, 0.5) is 22.7 Å². The van der Waals surface area contributed by atoms with Crippen molar-refractivity contribution >= 4 is 75.7 Å². The van der Waals surface area contributed by atoms with Crippen molar-refractivity contribution in [3.05, 3.63) is 106 Å². The molecule has 0 spiro atoms. The van der Waals surface area contributed by atoms with Gasteiger partial charge in [0, 0.05) is 76.7 Å². The first-order chi connectivity index (χ1) is 35.3. The number of unbranched alkanes of at least 4 members (excludes halogenated alkanes) is 1. The van der Waals surface area contributed by atoms with Gasteiger partial charge in [0.2, 0.25) is 23.6 Å². The molecule has 74 heavy (non-hydrogen) atoms. The number of carbonyl (C=O) groups is 8. The van der Waals surface area contributed by atoms with E-state index in [1.165, 1.54) is 36.4 Å². The third kappa shape index (κ3) is 16.0. The van der Waals surface area contributed by atoms with Gasteiger partial charge in [-0.2, -0.15) is 0 Å². The van der Waals surface area contributed by atoms with Gasteiger partial charge in [0.05, 0.1) is 23.2 Å². The molecule has 2 aliphatic heterocycles. The number of carbonyl (C=O) groups excluding carboxylic acids is 8. The number of Topliss-reactive ketones (excluding diaryl/α,β-unsaturated/α-hetero) is 2. The summed E-state index contributed by atoms with van der Waals surface area (Å²) in [5, 5.41) is 11.2. The van der Waals surface area contributed by atoms with E-state index < -0.39 is 47.5 Å². The van der Waals surface area contributed by atoms with Crippen LogP contribution in [0.2, 0.25) is 0 Å². The highest BCUT2D eigenvalue weighted by atomic mass is 16.5. The highest BCUT2D eigenvalue weighted by Gasteiger charge is 2.32. The fourth-order valence-electron chi connectivity index (χ4n) is 8.09. The van der Waals surface area contributed by atoms with Crippen LogP contribution >= 0.6 is 0 Å². The molecule has 4 aromatic carbocycles. The zero-order valence-corrected chi connectivity index (χ0v) is 41.5. The van der Waals surface area contributed by atoms with Crippen molar-refractivity contribution in [2.24, 2.45) is 45.5 Å². The fraction of sp³-hybridized carbons (Fsp3) is 0.365. The van der Waals surface area contributed by atoms with Gasteiger partial charge in [-0.25, -0.2) is 0 Å². The summed E-state index contributed by atoms with van der Waals surface area (Å²) in [6, 6.07) is 16.8. The molecular formula is C52H66N12O10. The van der Waals surface area contributed by atoms with Gasteiger partial charge in [0.25, 0.3) is 11.8 Å². The molecule has 4 aromatic rings. The number of rotatable bonds is 12. The zero-order chi connectivity index (χ0) is 54.1. The number of anilines is 4. The van der Waals surface area contributed by atoms with Gasteiger partial charge >= 0.3 is 0 Å². The molecule has 22 heteroatoms. The SMILES string of the molecule is CC[C@H](C)[C@@H]1NC(=O)c2cc(N)ccc2OCc2ccc(C(N)=O)cc2NC(=O)[C@H](CCCCN)CC1=O.NC(=O)c1ccc2c(c1)NC(=O)CCC(=O)C(CCCN=C(N)N)NC(=O)c1cc(N)ccc1OC2. The third-order valence-electron chi connectivity index (χ3n) is 12.5. The Morgan fingerprint density at radius 1 is 0.676 bits per heavy atom. The van der Waals surface area contributed by atoms with Crippen molar-refractivity contribution in [2.45, 2.75) is 96.9 Å². The maximum atomic E-state index is 13.6. The average molecular weight is 1020 g/mol. The lowest BCUT2D eigenvalue weighted by Crippen LogP contribution is -2.46. The zero-order valence-electron chi connectivity index (χ0n) is 41.5. The molecule has 4 atom stereocenters. The Hall–Kier alpha value is -8.53. The van der Waals surface area contributed by atoms with Crippen LogP contribution in [0.1, 0.15) is 124 Å². The minimum atomic E-state index is -0.884. The summed E-state index contributed by atoms with van der Waals surface area (Å²) in [7, 11) is 0. The Labute approximate surface area is 428 Å². The van der Waals surface area contributed by atoms with E-state index in [-0.39, 0.29) is 109 Å². The second-order valence-corrected chi connectivity index (χ2v) is 18.0. The molecule has 0 bridgehead atoms. The number of primary amides is 2. The number of ketones is 2. The van der Waals surface area contributed by atoms with Crippen molar-refractivity contribution in [2.75, 3.05) is 35.2 Å². The second kappa shape index (κ2) is 26.8. The number of nitrogens with one attached hydrogen (secondary N) is 4. The number of benzene rings is 4. The van der Waals surface area contributed by atoms with E-state index >= 15 is 0 Å². The summed E-state index contributed by atoms with van der Waals surface area (Å²) in [5.74, 6) is -4.15. The van der Waals surface area contributed by atoms with Gasteiger partial charge < -0.3 is 70.9 Å². The topological polar surface area (TPSA) is 398 Å². The van der Waals surface area contributed by atoms with Crippen LogP contribution in [0.3, 0.4) is 0 Å². The Kier molecular flexibility index (Phi) is 20.4. The normalized spacial score (nSPS) is 17.8. The summed E-state index contributed by atoms with van der Waals surface area (Å²) >= 11 is 0. The van der Waals surface area contributed by atoms with Gasteiger partial charge in [-0.3, -0.25) is 43.3 Å². The number of hydrogen-bond acceptors (Lipinski definition) is 14. The molecule has 6 rings (SSSR count). The van der Waals surface area contributed by atoms with Crippen LogP contribution in [0.5, 0.6) is 11.5 Å². The van der Waals surface area contributed by atoms with Gasteiger partial charge in [0.15, 0.2) is 17.5 Å². The molecule has 1 unspecified atom stereocenters. The first-order valence-corrected chi connectivity index (χ1v) is 24.2. The minimum Gasteiger partial charge on any atom is -0.488 e. The maximum Gasteiger partial charge on any atom is 0.255 e. The summed E-state index contributed by atoms with van der Waals surface area (Å²) in [6.07, 6.45) is 2.81. The van der Waals surface area contributed by atoms with Crippen LogP contribution in [0, 0.1) is 11.8 Å². The highest BCUT2D eigenvalue weighted by molar-refractivity contribution is 6.04. The molecule has 18 N–H and O–H groups in total. The summed E-state index contributed by atoms with van der Waals surface area (Å²) in [4.78, 5) is 107. The van der Waals surface area contributed by atoms with Crippen LogP contribution < -0.4 is 70.9 Å². The number of ether oxygens (including phenoxy) is 2. The average Bonchev–Trinajstić information content (AvgIpc) is 3.36. The molecule has 0 fully saturated rings. The molecule has 6 amide bonds. The highest BCUT2D eigenvalue weighted by Crippen LogP contribution is 2.30. The summed E-state index contributed by atoms with van der Waals surface area (Å²) in [6.45, 7) is 4.52. The molecule has 0 radical (unpaired) electrons.